The molecule has 0 aromatic heterocycles. The standard InChI is InChI=1S/C56H83N9O9S/c1-10-34(6)45-53(71)57-39(27-30-75-9)48(66)61-46(35(7)11-2)54(72)63-47(36(8)12-3)56(74)65-29-20-26-43(65)55(73)64-28-19-25-42(64)51(69)59-40(31-37-21-15-13-16-22-37)49(67)58-41(32-38-23-17-14-18-24-38)50(68)60-44(33(4)5)52(70)62-45/h13-18,21-24,33-36,39-47H,10-12,19-20,25-32H2,1-9H3,(H,57,71)(H,58,67)(H,59,69)(H,60,68)(H,61,66)(H,62,70)(H,63,72). The maximum absolute atomic E-state index is 14.8. The van der Waals surface area contributed by atoms with Crippen molar-refractivity contribution in [3.63, 3.8) is 0 Å². The number of thioether (sulfide) groups is 1. The number of rotatable bonds is 14. The number of nitrogens with zero attached hydrogens (tertiary/aromatic N) is 2. The van der Waals surface area contributed by atoms with Gasteiger partial charge in [-0.3, -0.25) is 43.2 Å². The smallest absolute Gasteiger partial charge is 0.246 e. The lowest BCUT2D eigenvalue weighted by Gasteiger charge is -2.35. The van der Waals surface area contributed by atoms with E-state index in [0.29, 0.717) is 56.3 Å². The lowest BCUT2D eigenvalue weighted by Crippen LogP contribution is -2.62. The number of hydrogen-bond acceptors (Lipinski definition) is 10. The Bertz CT molecular complexity index is 2290. The van der Waals surface area contributed by atoms with Crippen LogP contribution in [0.25, 0.3) is 0 Å². The van der Waals surface area contributed by atoms with Crippen LogP contribution in [0.1, 0.15) is 118 Å². The van der Waals surface area contributed by atoms with E-state index in [0.717, 1.165) is 5.56 Å². The van der Waals surface area contributed by atoms with Gasteiger partial charge in [-0.2, -0.15) is 11.8 Å². The zero-order valence-corrected chi connectivity index (χ0v) is 46.3. The van der Waals surface area contributed by atoms with Crippen LogP contribution >= 0.6 is 11.8 Å². The number of carbonyl (C=O) groups excluding carboxylic acids is 9. The zero-order valence-electron chi connectivity index (χ0n) is 45.4. The zero-order chi connectivity index (χ0) is 54.9. The van der Waals surface area contributed by atoms with E-state index >= 15 is 0 Å². The number of amides is 9. The molecular weight excluding hydrogens is 975 g/mol. The molecular formula is C56H83N9O9S. The second-order valence-electron chi connectivity index (χ2n) is 21.1. The molecule has 0 bridgehead atoms. The number of nitrogens with one attached hydrogen (secondary N) is 7. The molecule has 412 valence electrons. The third kappa shape index (κ3) is 16.0. The van der Waals surface area contributed by atoms with Gasteiger partial charge in [0.2, 0.25) is 53.2 Å². The summed E-state index contributed by atoms with van der Waals surface area (Å²) in [5.41, 5.74) is 1.43. The molecule has 3 aliphatic heterocycles. The Hall–Kier alpha value is -5.98. The Balaban J connectivity index is 1.60. The molecule has 9 amide bonds. The van der Waals surface area contributed by atoms with E-state index in [-0.39, 0.29) is 38.3 Å². The van der Waals surface area contributed by atoms with Crippen molar-refractivity contribution in [2.24, 2.45) is 23.7 Å². The Kier molecular flexibility index (Phi) is 23.0. The quantitative estimate of drug-likeness (QED) is 0.145. The lowest BCUT2D eigenvalue weighted by molar-refractivity contribution is -0.149. The number of benzene rings is 2. The minimum atomic E-state index is -1.24. The van der Waals surface area contributed by atoms with Crippen molar-refractivity contribution >= 4 is 64.9 Å². The van der Waals surface area contributed by atoms with Gasteiger partial charge in [0.05, 0.1) is 0 Å². The molecule has 75 heavy (non-hydrogen) atoms. The highest BCUT2D eigenvalue weighted by Crippen LogP contribution is 2.28. The Labute approximate surface area is 447 Å². The van der Waals surface area contributed by atoms with E-state index in [1.54, 1.807) is 32.9 Å². The lowest BCUT2D eigenvalue weighted by atomic mass is 9.94. The average molecular weight is 1060 g/mol. The first kappa shape index (κ1) is 59.9. The molecule has 7 N–H and O–H groups in total. The molecule has 12 unspecified atom stereocenters. The van der Waals surface area contributed by atoms with Crippen LogP contribution in [-0.4, -0.2) is 142 Å². The van der Waals surface area contributed by atoms with E-state index in [9.17, 15) is 43.2 Å². The first-order valence-corrected chi connectivity index (χ1v) is 28.5. The molecule has 12 atom stereocenters. The highest BCUT2D eigenvalue weighted by Gasteiger charge is 2.46. The summed E-state index contributed by atoms with van der Waals surface area (Å²) in [6, 6.07) is 8.15. The second-order valence-corrected chi connectivity index (χ2v) is 22.1. The first-order valence-electron chi connectivity index (χ1n) is 27.1. The molecule has 0 radical (unpaired) electrons. The van der Waals surface area contributed by atoms with Crippen molar-refractivity contribution in [3.8, 4) is 0 Å². The maximum atomic E-state index is 14.8. The van der Waals surface area contributed by atoms with Gasteiger partial charge in [-0.05, 0) is 78.9 Å². The summed E-state index contributed by atoms with van der Waals surface area (Å²) in [4.78, 5) is 134. The third-order valence-corrected chi connectivity index (χ3v) is 16.0. The molecule has 2 aromatic carbocycles. The summed E-state index contributed by atoms with van der Waals surface area (Å²) in [7, 11) is 0. The fraction of sp³-hybridized carbons (Fsp3) is 0.625. The highest BCUT2D eigenvalue weighted by molar-refractivity contribution is 7.98. The van der Waals surface area contributed by atoms with Gasteiger partial charge in [0.25, 0.3) is 0 Å². The molecule has 3 saturated heterocycles. The van der Waals surface area contributed by atoms with Gasteiger partial charge in [0.1, 0.15) is 54.4 Å². The molecule has 2 aromatic rings. The third-order valence-electron chi connectivity index (χ3n) is 15.3. The number of carbonyl (C=O) groups is 9. The minimum absolute atomic E-state index is 0.0205. The predicted molar refractivity (Wildman–Crippen MR) is 289 cm³/mol. The van der Waals surface area contributed by atoms with E-state index in [4.69, 9.17) is 0 Å². The molecule has 0 saturated carbocycles. The molecule has 3 heterocycles. The molecule has 3 aliphatic rings. The summed E-state index contributed by atoms with van der Waals surface area (Å²) in [5, 5.41) is 20.3. The summed E-state index contributed by atoms with van der Waals surface area (Å²) < 4.78 is 0. The van der Waals surface area contributed by atoms with Crippen molar-refractivity contribution in [3.05, 3.63) is 71.8 Å². The van der Waals surface area contributed by atoms with Gasteiger partial charge in [0, 0.05) is 25.9 Å². The molecule has 19 heteroatoms. The van der Waals surface area contributed by atoms with Crippen molar-refractivity contribution in [2.45, 2.75) is 174 Å². The van der Waals surface area contributed by atoms with Crippen LogP contribution in [0.15, 0.2) is 60.7 Å². The number of hydrogen-bond donors (Lipinski definition) is 7. The van der Waals surface area contributed by atoms with E-state index in [2.05, 4.69) is 37.2 Å². The van der Waals surface area contributed by atoms with E-state index in [1.807, 2.05) is 89.4 Å². The monoisotopic (exact) mass is 1060 g/mol. The Morgan fingerprint density at radius 2 is 0.853 bits per heavy atom. The van der Waals surface area contributed by atoms with E-state index < -0.39 is 125 Å². The molecule has 18 nitrogen and oxygen atoms in total. The van der Waals surface area contributed by atoms with Crippen LogP contribution in [0.4, 0.5) is 0 Å². The first-order chi connectivity index (χ1) is 35.8. The van der Waals surface area contributed by atoms with Crippen LogP contribution in [0.5, 0.6) is 0 Å². The topological polar surface area (TPSA) is 244 Å². The second kappa shape index (κ2) is 28.8. The van der Waals surface area contributed by atoms with Gasteiger partial charge in [-0.15, -0.1) is 0 Å². The SMILES string of the molecule is CCC(C)C1NC(=O)C(CCSC)NC(=O)C(C(C)CC)NC(=O)C(C(C)C)NC(=O)C(Cc2ccccc2)NC(=O)C(Cc2ccccc2)NC(=O)C2CCCN2C(=O)C2CCCN2C(=O)C(C(C)CC)NC1=O. The molecule has 0 spiro atoms. The van der Waals surface area contributed by atoms with Gasteiger partial charge in [-0.25, -0.2) is 0 Å². The minimum Gasteiger partial charge on any atom is -0.342 e. The van der Waals surface area contributed by atoms with Crippen LogP contribution in [-0.2, 0) is 56.0 Å². The summed E-state index contributed by atoms with van der Waals surface area (Å²) in [6.07, 6.45) is 5.22. The highest BCUT2D eigenvalue weighted by atomic mass is 32.2. The molecule has 0 aliphatic carbocycles. The van der Waals surface area contributed by atoms with Crippen LogP contribution < -0.4 is 37.2 Å². The normalized spacial score (nSPS) is 27.6. The average Bonchev–Trinajstić information content (AvgIpc) is 4.12. The maximum Gasteiger partial charge on any atom is 0.246 e. The summed E-state index contributed by atoms with van der Waals surface area (Å²) in [6.45, 7) is 15.1. The molecule has 3 fully saturated rings. The van der Waals surface area contributed by atoms with Gasteiger partial charge in [0.15, 0.2) is 0 Å². The van der Waals surface area contributed by atoms with Gasteiger partial charge in [-0.1, -0.05) is 135 Å². The van der Waals surface area contributed by atoms with Crippen molar-refractivity contribution < 1.29 is 43.2 Å². The van der Waals surface area contributed by atoms with Crippen molar-refractivity contribution in [1.82, 2.24) is 47.0 Å². The Morgan fingerprint density at radius 3 is 1.36 bits per heavy atom. The van der Waals surface area contributed by atoms with E-state index in [1.165, 1.54) is 21.6 Å². The van der Waals surface area contributed by atoms with Gasteiger partial charge < -0.3 is 47.0 Å². The predicted octanol–water partition coefficient (Wildman–Crippen LogP) is 3.41. The fourth-order valence-electron chi connectivity index (χ4n) is 10.0. The summed E-state index contributed by atoms with van der Waals surface area (Å²) in [5.74, 6) is -6.52. The van der Waals surface area contributed by atoms with Crippen molar-refractivity contribution in [2.75, 3.05) is 25.1 Å². The Morgan fingerprint density at radius 1 is 0.467 bits per heavy atom. The molecule has 5 rings (SSSR count). The fourth-order valence-corrected chi connectivity index (χ4v) is 10.5. The number of fused-ring (bicyclic) bond motifs is 2. The summed E-state index contributed by atoms with van der Waals surface area (Å²) >= 11 is 1.47. The van der Waals surface area contributed by atoms with Crippen LogP contribution in [0, 0.1) is 23.7 Å². The van der Waals surface area contributed by atoms with Crippen molar-refractivity contribution in [1.29, 1.82) is 0 Å². The largest absolute Gasteiger partial charge is 0.342 e. The van der Waals surface area contributed by atoms with Gasteiger partial charge >= 0.3 is 0 Å². The van der Waals surface area contributed by atoms with Crippen LogP contribution in [0.3, 0.4) is 0 Å². The van der Waals surface area contributed by atoms with Crippen LogP contribution in [0.2, 0.25) is 0 Å².